The number of hydrogen-bond acceptors (Lipinski definition) is 7. The van der Waals surface area contributed by atoms with Crippen LogP contribution in [0.15, 0.2) is 30.3 Å². The molecule has 0 spiro atoms. The Balaban J connectivity index is 1.50. The quantitative estimate of drug-likeness (QED) is 0.332. The number of nitrogens with zero attached hydrogens (tertiary/aromatic N) is 3. The average Bonchev–Trinajstić information content (AvgIpc) is 3.12. The molecular formula is C24H29N5O7S. The monoisotopic (exact) mass is 531 g/mol. The summed E-state index contributed by atoms with van der Waals surface area (Å²) in [5.74, 6) is -4.09. The maximum Gasteiger partial charge on any atom is 0.327 e. The van der Waals surface area contributed by atoms with Gasteiger partial charge in [0, 0.05) is 24.4 Å². The predicted molar refractivity (Wildman–Crippen MR) is 132 cm³/mol. The molecule has 3 aliphatic heterocycles. The van der Waals surface area contributed by atoms with Crippen LogP contribution in [-0.2, 0) is 24.0 Å². The number of imide groups is 1. The molecule has 3 fully saturated rings. The van der Waals surface area contributed by atoms with E-state index in [9.17, 15) is 33.9 Å². The topological polar surface area (TPSA) is 156 Å². The first-order valence-corrected chi connectivity index (χ1v) is 12.8. The Morgan fingerprint density at radius 2 is 1.78 bits per heavy atom. The van der Waals surface area contributed by atoms with Crippen LogP contribution in [-0.4, -0.2) is 97.3 Å². The Morgan fingerprint density at radius 1 is 1.11 bits per heavy atom. The molecule has 3 aliphatic rings. The van der Waals surface area contributed by atoms with Crippen LogP contribution in [0.2, 0.25) is 0 Å². The van der Waals surface area contributed by atoms with Crippen LogP contribution in [0.25, 0.3) is 0 Å². The normalized spacial score (nSPS) is 25.3. The number of nitrogens with one attached hydrogen (secondary N) is 2. The van der Waals surface area contributed by atoms with Gasteiger partial charge in [-0.25, -0.2) is 9.59 Å². The maximum absolute atomic E-state index is 13.4. The fourth-order valence-electron chi connectivity index (χ4n) is 4.88. The fourth-order valence-corrected chi connectivity index (χ4v) is 6.51. The Hall–Kier alpha value is -3.61. The molecule has 6 amide bonds. The number of carboxylic acids is 1. The number of carbonyl (C=O) groups is 6. The third-order valence-electron chi connectivity index (χ3n) is 6.68. The van der Waals surface area contributed by atoms with Gasteiger partial charge in [-0.15, -0.1) is 11.8 Å². The van der Waals surface area contributed by atoms with Crippen molar-refractivity contribution in [2.45, 2.75) is 55.4 Å². The summed E-state index contributed by atoms with van der Waals surface area (Å²) < 4.78 is -0.758. The number of benzene rings is 1. The third kappa shape index (κ3) is 4.75. The smallest absolute Gasteiger partial charge is 0.327 e. The van der Waals surface area contributed by atoms with E-state index >= 15 is 0 Å². The van der Waals surface area contributed by atoms with Crippen molar-refractivity contribution in [3.63, 3.8) is 0 Å². The zero-order chi connectivity index (χ0) is 27.1. The molecule has 12 nitrogen and oxygen atoms in total. The molecule has 4 rings (SSSR count). The summed E-state index contributed by atoms with van der Waals surface area (Å²) in [7, 11) is 0. The third-order valence-corrected chi connectivity index (χ3v) is 8.25. The number of thioether (sulfide) groups is 1. The first-order chi connectivity index (χ1) is 17.5. The largest absolute Gasteiger partial charge is 0.480 e. The van der Waals surface area contributed by atoms with Gasteiger partial charge in [-0.3, -0.25) is 24.1 Å². The molecule has 13 heteroatoms. The summed E-state index contributed by atoms with van der Waals surface area (Å²) >= 11 is 1.28. The molecule has 4 atom stereocenters. The van der Waals surface area contributed by atoms with Gasteiger partial charge in [0.2, 0.25) is 11.8 Å². The number of rotatable bonds is 7. The first kappa shape index (κ1) is 26.5. The van der Waals surface area contributed by atoms with Crippen molar-refractivity contribution >= 4 is 47.4 Å². The van der Waals surface area contributed by atoms with Crippen molar-refractivity contribution in [3.05, 3.63) is 35.9 Å². The van der Waals surface area contributed by atoms with E-state index in [4.69, 9.17) is 0 Å². The lowest BCUT2D eigenvalue weighted by atomic mass is 9.95. The molecular weight excluding hydrogens is 502 g/mol. The second-order valence-corrected chi connectivity index (χ2v) is 11.4. The summed E-state index contributed by atoms with van der Waals surface area (Å²) in [6.07, 6.45) is 0.669. The molecule has 0 radical (unpaired) electrons. The zero-order valence-corrected chi connectivity index (χ0v) is 21.5. The molecule has 0 bridgehead atoms. The van der Waals surface area contributed by atoms with Gasteiger partial charge in [-0.1, -0.05) is 37.3 Å². The molecule has 1 aromatic carbocycles. The van der Waals surface area contributed by atoms with Crippen LogP contribution in [0.3, 0.4) is 0 Å². The van der Waals surface area contributed by atoms with Crippen LogP contribution < -0.4 is 10.6 Å². The Labute approximate surface area is 217 Å². The number of carboxylic acid groups (broad SMARTS) is 1. The average molecular weight is 532 g/mol. The molecule has 37 heavy (non-hydrogen) atoms. The van der Waals surface area contributed by atoms with Gasteiger partial charge in [0.05, 0.1) is 0 Å². The molecule has 198 valence electrons. The minimum Gasteiger partial charge on any atom is -0.480 e. The first-order valence-electron chi connectivity index (χ1n) is 12.0. The number of urea groups is 1. The summed E-state index contributed by atoms with van der Waals surface area (Å²) in [6.45, 7) is 5.91. The lowest BCUT2D eigenvalue weighted by Gasteiger charge is -2.44. The van der Waals surface area contributed by atoms with Gasteiger partial charge >= 0.3 is 23.8 Å². The number of aliphatic carboxylic acids is 1. The van der Waals surface area contributed by atoms with Gasteiger partial charge < -0.3 is 25.5 Å². The number of carbonyl (C=O) groups excluding carboxylic acids is 5. The molecule has 0 aromatic heterocycles. The minimum absolute atomic E-state index is 0.0139. The highest BCUT2D eigenvalue weighted by Crippen LogP contribution is 2.50. The predicted octanol–water partition coefficient (Wildman–Crippen LogP) is 0.150. The Kier molecular flexibility index (Phi) is 7.18. The van der Waals surface area contributed by atoms with E-state index in [2.05, 4.69) is 10.6 Å². The van der Waals surface area contributed by atoms with Crippen LogP contribution in [0, 0.1) is 0 Å². The highest BCUT2D eigenvalue weighted by Gasteiger charge is 2.64. The van der Waals surface area contributed by atoms with E-state index in [1.165, 1.54) is 21.6 Å². The van der Waals surface area contributed by atoms with Crippen molar-refractivity contribution in [1.29, 1.82) is 0 Å². The molecule has 0 aliphatic carbocycles. The number of piperazine rings is 1. The second-order valence-electron chi connectivity index (χ2n) is 9.63. The Morgan fingerprint density at radius 3 is 2.41 bits per heavy atom. The van der Waals surface area contributed by atoms with E-state index in [1.807, 2.05) is 6.92 Å². The number of β-lactam (4-membered cyclic amide) rings is 1. The highest BCUT2D eigenvalue weighted by molar-refractivity contribution is 8.01. The number of fused-ring (bicyclic) bond motifs is 1. The SMILES string of the molecule is CCCN1CCN(C(=O)NC(C(=O)N[C@@H]2C(=O)N3[C@@H]2SC(C)(C)[C@@H]3C(=O)O)c2ccccc2)C(=O)C1=O. The van der Waals surface area contributed by atoms with Crippen LogP contribution in [0.4, 0.5) is 4.79 Å². The van der Waals surface area contributed by atoms with Crippen molar-refractivity contribution in [1.82, 2.24) is 25.3 Å². The molecule has 1 aromatic rings. The van der Waals surface area contributed by atoms with Crippen molar-refractivity contribution in [2.75, 3.05) is 19.6 Å². The van der Waals surface area contributed by atoms with Gasteiger partial charge in [-0.2, -0.15) is 0 Å². The van der Waals surface area contributed by atoms with E-state index < -0.39 is 63.9 Å². The molecule has 3 heterocycles. The van der Waals surface area contributed by atoms with Gasteiger partial charge in [0.25, 0.3) is 0 Å². The van der Waals surface area contributed by atoms with Crippen molar-refractivity contribution in [3.8, 4) is 0 Å². The highest BCUT2D eigenvalue weighted by atomic mass is 32.2. The van der Waals surface area contributed by atoms with E-state index in [0.29, 0.717) is 18.5 Å². The molecule has 3 N–H and O–H groups in total. The van der Waals surface area contributed by atoms with E-state index in [1.54, 1.807) is 44.2 Å². The zero-order valence-electron chi connectivity index (χ0n) is 20.7. The Bertz CT molecular complexity index is 1140. The number of hydrogen-bond donors (Lipinski definition) is 3. The van der Waals surface area contributed by atoms with Crippen molar-refractivity contribution in [2.24, 2.45) is 0 Å². The fraction of sp³-hybridized carbons (Fsp3) is 0.500. The summed E-state index contributed by atoms with van der Waals surface area (Å²) in [4.78, 5) is 79.3. The maximum atomic E-state index is 13.4. The van der Waals surface area contributed by atoms with Gasteiger partial charge in [0.1, 0.15) is 23.5 Å². The number of amides is 6. The van der Waals surface area contributed by atoms with Crippen molar-refractivity contribution < 1.29 is 33.9 Å². The van der Waals surface area contributed by atoms with Gasteiger partial charge in [0.15, 0.2) is 0 Å². The lowest BCUT2D eigenvalue weighted by Crippen LogP contribution is -2.71. The van der Waals surface area contributed by atoms with Gasteiger partial charge in [-0.05, 0) is 25.8 Å². The molecule has 1 unspecified atom stereocenters. The van der Waals surface area contributed by atoms with Crippen LogP contribution >= 0.6 is 11.8 Å². The molecule has 0 saturated carbocycles. The van der Waals surface area contributed by atoms with E-state index in [0.717, 1.165) is 4.90 Å². The summed E-state index contributed by atoms with van der Waals surface area (Å²) in [5.41, 5.74) is 0.406. The van der Waals surface area contributed by atoms with Crippen LogP contribution in [0.5, 0.6) is 0 Å². The lowest BCUT2D eigenvalue weighted by molar-refractivity contribution is -0.161. The summed E-state index contributed by atoms with van der Waals surface area (Å²) in [5, 5.41) is 14.2. The van der Waals surface area contributed by atoms with Crippen LogP contribution in [0.1, 0.15) is 38.8 Å². The standard InChI is InChI=1S/C24H29N5O7S/c1-4-10-27-11-12-28(20(33)19(27)32)23(36)26-14(13-8-6-5-7-9-13)17(30)25-15-18(31)29-16(22(34)35)24(2,3)37-21(15)29/h5-9,14-16,21H,4,10-12H2,1-3H3,(H,25,30)(H,26,36)(H,34,35)/t14?,15-,16+,21-/m1/s1. The summed E-state index contributed by atoms with van der Waals surface area (Å²) in [6, 6.07) is 4.13. The molecule has 3 saturated heterocycles. The van der Waals surface area contributed by atoms with E-state index in [-0.39, 0.29) is 13.1 Å². The second kappa shape index (κ2) is 10.0. The minimum atomic E-state index is -1.26.